The summed E-state index contributed by atoms with van der Waals surface area (Å²) in [5, 5.41) is 8.68. The molecule has 3 aliphatic heterocycles. The third kappa shape index (κ3) is 14.5. The number of epoxide rings is 1. The molecular weight excluding hydrogens is 743 g/mol. The molecule has 0 bridgehead atoms. The second-order valence-corrected chi connectivity index (χ2v) is 16.7. The van der Waals surface area contributed by atoms with Crippen LogP contribution in [-0.2, 0) is 54.1 Å². The number of allylic oxidation sites excluding steroid dienone is 2. The maximum atomic E-state index is 12.9. The van der Waals surface area contributed by atoms with Gasteiger partial charge in [-0.1, -0.05) is 69.7 Å². The summed E-state index contributed by atoms with van der Waals surface area (Å²) >= 11 is 0. The van der Waals surface area contributed by atoms with Crippen molar-refractivity contribution < 1.29 is 47.7 Å². The van der Waals surface area contributed by atoms with Gasteiger partial charge < -0.3 is 39.6 Å². The minimum atomic E-state index is -0.734. The van der Waals surface area contributed by atoms with Crippen molar-refractivity contribution in [3.8, 4) is 0 Å². The number of para-hydroxylation sites is 1. The standard InChI is InChI=1S/C45H65N3O10/c1-27(2)31(6)43(52)46-32(7)44(53)48-37-13-11-10-12-34(37)17-21-41(50)56-30(5)16-20-40(49)47-38-22-29(4)39(57-33(38)8)19-15-28(3)14-18-35-24-45(26-55-45)25-36(58-35)23-42(51)54-9/h10-16,18,20,27,29-33,35-36,38-39H,17,19,21-26H2,1-9H3,(H,46,52)(H,47,49)(H,48,53)/b18-14+,20-16-,28-15+/t29-,30-,31-,32-,33+,35+,36+,38+,39-,45+/m0/s1. The molecule has 320 valence electrons. The third-order valence-electron chi connectivity index (χ3n) is 11.4. The molecule has 13 heteroatoms. The number of rotatable bonds is 18. The highest BCUT2D eigenvalue weighted by molar-refractivity contribution is 5.97. The molecule has 3 heterocycles. The van der Waals surface area contributed by atoms with Crippen LogP contribution in [0.25, 0.3) is 0 Å². The molecule has 3 aliphatic rings. The molecule has 1 spiro atoms. The van der Waals surface area contributed by atoms with E-state index in [1.807, 2.05) is 58.9 Å². The van der Waals surface area contributed by atoms with Crippen LogP contribution in [-0.4, -0.2) is 91.6 Å². The number of hydrogen-bond acceptors (Lipinski definition) is 10. The number of esters is 2. The molecule has 1 aromatic rings. The lowest BCUT2D eigenvalue weighted by atomic mass is 9.88. The van der Waals surface area contributed by atoms with Crippen molar-refractivity contribution in [1.29, 1.82) is 0 Å². The fourth-order valence-corrected chi connectivity index (χ4v) is 7.20. The Bertz CT molecular complexity index is 1680. The van der Waals surface area contributed by atoms with E-state index in [4.69, 9.17) is 23.7 Å². The van der Waals surface area contributed by atoms with Crippen molar-refractivity contribution in [2.24, 2.45) is 17.8 Å². The van der Waals surface area contributed by atoms with Crippen LogP contribution in [0.5, 0.6) is 0 Å². The molecule has 0 aromatic heterocycles. The van der Waals surface area contributed by atoms with Crippen molar-refractivity contribution in [3.63, 3.8) is 0 Å². The number of amides is 3. The first-order valence-electron chi connectivity index (χ1n) is 20.7. The fourth-order valence-electron chi connectivity index (χ4n) is 7.20. The topological polar surface area (TPSA) is 171 Å². The van der Waals surface area contributed by atoms with Gasteiger partial charge in [-0.05, 0) is 76.5 Å². The zero-order valence-electron chi connectivity index (χ0n) is 35.7. The smallest absolute Gasteiger partial charge is 0.308 e. The van der Waals surface area contributed by atoms with Crippen molar-refractivity contribution in [2.45, 2.75) is 149 Å². The summed E-state index contributed by atoms with van der Waals surface area (Å²) in [7, 11) is 1.38. The normalized spacial score (nSPS) is 27.5. The molecule has 4 rings (SSSR count). The summed E-state index contributed by atoms with van der Waals surface area (Å²) < 4.78 is 28.6. The second kappa shape index (κ2) is 21.6. The minimum Gasteiger partial charge on any atom is -0.469 e. The first kappa shape index (κ1) is 46.4. The van der Waals surface area contributed by atoms with Crippen molar-refractivity contribution in [2.75, 3.05) is 19.0 Å². The summed E-state index contributed by atoms with van der Waals surface area (Å²) in [6.45, 7) is 15.9. The summed E-state index contributed by atoms with van der Waals surface area (Å²) in [5.74, 6) is -1.42. The minimum absolute atomic E-state index is 0.00191. The number of ether oxygens (including phenoxy) is 5. The predicted molar refractivity (Wildman–Crippen MR) is 220 cm³/mol. The number of aryl methyl sites for hydroxylation is 1. The Morgan fingerprint density at radius 2 is 1.69 bits per heavy atom. The van der Waals surface area contributed by atoms with Crippen LogP contribution in [0.2, 0.25) is 0 Å². The summed E-state index contributed by atoms with van der Waals surface area (Å²) in [5.41, 5.74) is 2.21. The molecule has 3 saturated heterocycles. The zero-order chi connectivity index (χ0) is 42.6. The number of carbonyl (C=O) groups is 5. The first-order valence-corrected chi connectivity index (χ1v) is 20.7. The number of hydrogen-bond donors (Lipinski definition) is 3. The largest absolute Gasteiger partial charge is 0.469 e. The molecular formula is C45H65N3O10. The van der Waals surface area contributed by atoms with Crippen LogP contribution in [0.4, 0.5) is 5.69 Å². The zero-order valence-corrected chi connectivity index (χ0v) is 35.7. The van der Waals surface area contributed by atoms with Gasteiger partial charge in [0.25, 0.3) is 0 Å². The van der Waals surface area contributed by atoms with Gasteiger partial charge in [0, 0.05) is 36.9 Å². The van der Waals surface area contributed by atoms with E-state index < -0.39 is 18.1 Å². The lowest BCUT2D eigenvalue weighted by Gasteiger charge is -2.39. The van der Waals surface area contributed by atoms with Crippen LogP contribution in [0.15, 0.2) is 60.2 Å². The van der Waals surface area contributed by atoms with Gasteiger partial charge in [-0.2, -0.15) is 0 Å². The number of benzene rings is 1. The first-order chi connectivity index (χ1) is 27.5. The van der Waals surface area contributed by atoms with Gasteiger partial charge in [0.15, 0.2) is 0 Å². The van der Waals surface area contributed by atoms with Crippen LogP contribution in [0.1, 0.15) is 99.5 Å². The monoisotopic (exact) mass is 807 g/mol. The Morgan fingerprint density at radius 3 is 2.38 bits per heavy atom. The highest BCUT2D eigenvalue weighted by Gasteiger charge is 2.51. The van der Waals surface area contributed by atoms with Gasteiger partial charge >= 0.3 is 11.9 Å². The third-order valence-corrected chi connectivity index (χ3v) is 11.4. The van der Waals surface area contributed by atoms with E-state index in [-0.39, 0.29) is 90.3 Å². The van der Waals surface area contributed by atoms with Crippen LogP contribution in [0.3, 0.4) is 0 Å². The number of methoxy groups -OCH3 is 1. The molecule has 3 amide bonds. The Hall–Kier alpha value is -4.33. The average molecular weight is 808 g/mol. The highest BCUT2D eigenvalue weighted by Crippen LogP contribution is 2.43. The van der Waals surface area contributed by atoms with Crippen LogP contribution < -0.4 is 16.0 Å². The highest BCUT2D eigenvalue weighted by atomic mass is 16.6. The number of carbonyl (C=O) groups excluding carboxylic acids is 5. The number of nitrogens with one attached hydrogen (secondary N) is 3. The maximum absolute atomic E-state index is 12.9. The molecule has 13 nitrogen and oxygen atoms in total. The van der Waals surface area contributed by atoms with Gasteiger partial charge in [-0.15, -0.1) is 0 Å². The molecule has 58 heavy (non-hydrogen) atoms. The van der Waals surface area contributed by atoms with Gasteiger partial charge in [-0.25, -0.2) is 0 Å². The quantitative estimate of drug-likeness (QED) is 0.0701. The molecule has 3 N–H and O–H groups in total. The summed E-state index contributed by atoms with van der Waals surface area (Å²) in [6, 6.07) is 6.29. The lowest BCUT2D eigenvalue weighted by molar-refractivity contribution is -0.147. The van der Waals surface area contributed by atoms with Gasteiger partial charge in [0.1, 0.15) is 12.1 Å². The van der Waals surface area contributed by atoms with Crippen molar-refractivity contribution in [3.05, 3.63) is 65.8 Å². The number of anilines is 1. The lowest BCUT2D eigenvalue weighted by Crippen LogP contribution is -2.50. The average Bonchev–Trinajstić information content (AvgIpc) is 3.92. The molecule has 1 aromatic carbocycles. The Morgan fingerprint density at radius 1 is 0.966 bits per heavy atom. The van der Waals surface area contributed by atoms with E-state index in [0.29, 0.717) is 25.1 Å². The summed E-state index contributed by atoms with van der Waals surface area (Å²) in [6.07, 6.45) is 11.6. The van der Waals surface area contributed by atoms with E-state index in [1.165, 1.54) is 13.2 Å². The summed E-state index contributed by atoms with van der Waals surface area (Å²) in [4.78, 5) is 62.7. The molecule has 0 radical (unpaired) electrons. The molecule has 3 fully saturated rings. The molecule has 0 aliphatic carbocycles. The molecule has 10 atom stereocenters. The molecule has 0 unspecified atom stereocenters. The van der Waals surface area contributed by atoms with E-state index >= 15 is 0 Å². The van der Waals surface area contributed by atoms with Gasteiger partial charge in [-0.3, -0.25) is 24.0 Å². The Labute approximate surface area is 344 Å². The Kier molecular flexibility index (Phi) is 17.3. The Balaban J connectivity index is 1.17. The fraction of sp³-hybridized carbons (Fsp3) is 0.622. The van der Waals surface area contributed by atoms with E-state index in [9.17, 15) is 24.0 Å². The van der Waals surface area contributed by atoms with Crippen molar-refractivity contribution >= 4 is 35.3 Å². The van der Waals surface area contributed by atoms with E-state index in [1.54, 1.807) is 32.1 Å². The van der Waals surface area contributed by atoms with Gasteiger partial charge in [0.05, 0.1) is 56.2 Å². The maximum Gasteiger partial charge on any atom is 0.308 e. The molecule has 0 saturated carbocycles. The SMILES string of the molecule is COC(=O)C[C@@H]1C[C@@]2(CO2)C[C@@H](/C=C/C(C)=C/C[C@@H]2O[C@H](C)[C@H](NC(=O)/C=C\[C@H](C)OC(=O)CCc3ccccc3NC(=O)[C@H](C)NC(=O)[C@@H](C)C(C)C)C[C@@H]2C)O1. The van der Waals surface area contributed by atoms with Crippen LogP contribution >= 0.6 is 0 Å². The van der Waals surface area contributed by atoms with Crippen molar-refractivity contribution in [1.82, 2.24) is 10.6 Å². The van der Waals surface area contributed by atoms with Gasteiger partial charge in [0.2, 0.25) is 17.7 Å². The predicted octanol–water partition coefficient (Wildman–Crippen LogP) is 5.91. The second-order valence-electron chi connectivity index (χ2n) is 16.7. The van der Waals surface area contributed by atoms with E-state index in [0.717, 1.165) is 30.4 Å². The van der Waals surface area contributed by atoms with Crippen LogP contribution in [0, 0.1) is 17.8 Å². The van der Waals surface area contributed by atoms with E-state index in [2.05, 4.69) is 29.0 Å².